The molecule has 4 heterocycles. The predicted molar refractivity (Wildman–Crippen MR) is 121 cm³/mol. The van der Waals surface area contributed by atoms with Gasteiger partial charge in [0.15, 0.2) is 11.9 Å². The molecule has 1 spiro atoms. The van der Waals surface area contributed by atoms with Crippen molar-refractivity contribution < 1.29 is 43.5 Å². The van der Waals surface area contributed by atoms with Crippen LogP contribution in [0.1, 0.15) is 85.0 Å². The zero-order valence-corrected chi connectivity index (χ0v) is 21.0. The minimum atomic E-state index is -0.890. The normalized spacial score (nSPS) is 39.9. The van der Waals surface area contributed by atoms with Gasteiger partial charge in [-0.15, -0.1) is 0 Å². The summed E-state index contributed by atoms with van der Waals surface area (Å²) in [6.07, 6.45) is 4.28. The SMILES string of the molecule is CC1CCC2C(C)C(OC(=O)CCC(=O)NCCCCCC(=O)O)OC3OC4(C)CCC1C32OO4. The third-order valence-electron chi connectivity index (χ3n) is 8.29. The molecule has 35 heavy (non-hydrogen) atoms. The van der Waals surface area contributed by atoms with Crippen molar-refractivity contribution in [2.45, 2.75) is 109 Å². The molecular weight excluding hydrogens is 458 g/mol. The van der Waals surface area contributed by atoms with Crippen molar-refractivity contribution in [3.05, 3.63) is 0 Å². The quantitative estimate of drug-likeness (QED) is 0.265. The summed E-state index contributed by atoms with van der Waals surface area (Å²) in [6, 6.07) is 0. The summed E-state index contributed by atoms with van der Waals surface area (Å²) in [5.41, 5.74) is -0.708. The Kier molecular flexibility index (Phi) is 8.05. The number of hydrogen-bond donors (Lipinski definition) is 2. The second-order valence-electron chi connectivity index (χ2n) is 10.8. The van der Waals surface area contributed by atoms with Gasteiger partial charge in [-0.1, -0.05) is 20.3 Å². The fraction of sp³-hybridized carbons (Fsp3) is 0.880. The first-order chi connectivity index (χ1) is 16.6. The second kappa shape index (κ2) is 10.7. The summed E-state index contributed by atoms with van der Waals surface area (Å²) in [4.78, 5) is 47.0. The van der Waals surface area contributed by atoms with Crippen LogP contribution in [0.5, 0.6) is 0 Å². The Labute approximate surface area is 206 Å². The topological polar surface area (TPSA) is 130 Å². The van der Waals surface area contributed by atoms with E-state index in [9.17, 15) is 14.4 Å². The molecule has 0 radical (unpaired) electrons. The first-order valence-corrected chi connectivity index (χ1v) is 13.0. The van der Waals surface area contributed by atoms with Gasteiger partial charge in [0.05, 0.1) is 6.42 Å². The molecule has 0 aromatic heterocycles. The molecule has 5 rings (SSSR count). The maximum atomic E-state index is 12.6. The molecule has 10 heteroatoms. The summed E-state index contributed by atoms with van der Waals surface area (Å²) >= 11 is 0. The van der Waals surface area contributed by atoms with E-state index in [-0.39, 0.29) is 42.9 Å². The molecule has 1 aliphatic carbocycles. The number of carboxylic acid groups (broad SMARTS) is 1. The van der Waals surface area contributed by atoms with Crippen molar-refractivity contribution in [2.24, 2.45) is 23.7 Å². The second-order valence-corrected chi connectivity index (χ2v) is 10.8. The van der Waals surface area contributed by atoms with E-state index in [1.54, 1.807) is 0 Å². The van der Waals surface area contributed by atoms with E-state index in [1.165, 1.54) is 0 Å². The molecule has 4 aliphatic heterocycles. The van der Waals surface area contributed by atoms with Crippen LogP contribution in [0.2, 0.25) is 0 Å². The average Bonchev–Trinajstić information content (AvgIpc) is 3.04. The van der Waals surface area contributed by atoms with Crippen LogP contribution in [0.25, 0.3) is 0 Å². The fourth-order valence-corrected chi connectivity index (χ4v) is 6.30. The first-order valence-electron chi connectivity index (χ1n) is 13.0. The highest BCUT2D eigenvalue weighted by Gasteiger charge is 2.69. The minimum Gasteiger partial charge on any atom is -0.481 e. The van der Waals surface area contributed by atoms with Crippen LogP contribution in [-0.4, -0.2) is 53.5 Å². The summed E-state index contributed by atoms with van der Waals surface area (Å²) in [5.74, 6) is -1.79. The molecule has 5 aliphatic rings. The Hall–Kier alpha value is -1.75. The molecular formula is C25H39NO9. The zero-order chi connectivity index (χ0) is 25.2. The van der Waals surface area contributed by atoms with Gasteiger partial charge in [0.25, 0.3) is 0 Å². The summed E-state index contributed by atoms with van der Waals surface area (Å²) < 4.78 is 18.2. The van der Waals surface area contributed by atoms with Gasteiger partial charge in [-0.3, -0.25) is 14.4 Å². The van der Waals surface area contributed by atoms with Crippen molar-refractivity contribution >= 4 is 17.8 Å². The number of nitrogens with one attached hydrogen (secondary N) is 1. The van der Waals surface area contributed by atoms with Gasteiger partial charge in [0, 0.05) is 37.6 Å². The molecule has 5 fully saturated rings. The van der Waals surface area contributed by atoms with E-state index in [0.717, 1.165) is 25.7 Å². The molecule has 0 aromatic carbocycles. The lowest BCUT2D eigenvalue weighted by molar-refractivity contribution is -0.576. The molecule has 198 valence electrons. The monoisotopic (exact) mass is 497 g/mol. The summed E-state index contributed by atoms with van der Waals surface area (Å²) in [6.45, 7) is 6.57. The maximum absolute atomic E-state index is 12.6. The number of unbranched alkanes of at least 4 members (excludes halogenated alkanes) is 2. The highest BCUT2D eigenvalue weighted by Crippen LogP contribution is 2.60. The number of rotatable bonds is 10. The lowest BCUT2D eigenvalue weighted by Gasteiger charge is -2.59. The third kappa shape index (κ3) is 5.50. The van der Waals surface area contributed by atoms with E-state index < -0.39 is 35.9 Å². The van der Waals surface area contributed by atoms with Gasteiger partial charge in [-0.25, -0.2) is 9.78 Å². The first kappa shape index (κ1) is 26.3. The molecule has 4 saturated heterocycles. The number of amides is 1. The number of carbonyl (C=O) groups is 3. The average molecular weight is 498 g/mol. The van der Waals surface area contributed by atoms with Crippen LogP contribution in [-0.2, 0) is 38.4 Å². The van der Waals surface area contributed by atoms with Crippen LogP contribution in [0.4, 0.5) is 0 Å². The van der Waals surface area contributed by atoms with Crippen LogP contribution in [0.3, 0.4) is 0 Å². The fourth-order valence-electron chi connectivity index (χ4n) is 6.30. The molecule has 0 aromatic rings. The number of esters is 1. The van der Waals surface area contributed by atoms with Crippen LogP contribution >= 0.6 is 0 Å². The van der Waals surface area contributed by atoms with Crippen molar-refractivity contribution in [1.82, 2.24) is 5.32 Å². The van der Waals surface area contributed by atoms with Gasteiger partial charge in [-0.05, 0) is 50.9 Å². The minimum absolute atomic E-state index is 0.0248. The van der Waals surface area contributed by atoms with Gasteiger partial charge >= 0.3 is 11.9 Å². The van der Waals surface area contributed by atoms with Gasteiger partial charge in [0.2, 0.25) is 18.0 Å². The van der Waals surface area contributed by atoms with E-state index in [0.29, 0.717) is 31.7 Å². The van der Waals surface area contributed by atoms with E-state index in [4.69, 9.17) is 29.1 Å². The predicted octanol–water partition coefficient (Wildman–Crippen LogP) is 3.28. The largest absolute Gasteiger partial charge is 0.481 e. The lowest BCUT2D eigenvalue weighted by Crippen LogP contribution is -2.70. The molecule has 8 atom stereocenters. The number of aliphatic carboxylic acids is 1. The highest BCUT2D eigenvalue weighted by molar-refractivity contribution is 5.81. The van der Waals surface area contributed by atoms with Crippen molar-refractivity contribution in [1.29, 1.82) is 0 Å². The number of fused-ring (bicyclic) bond motifs is 2. The van der Waals surface area contributed by atoms with E-state index in [1.807, 2.05) is 13.8 Å². The van der Waals surface area contributed by atoms with Gasteiger partial charge in [-0.2, -0.15) is 0 Å². The Morgan fingerprint density at radius 3 is 2.57 bits per heavy atom. The number of hydrogen-bond acceptors (Lipinski definition) is 8. The maximum Gasteiger partial charge on any atom is 0.308 e. The lowest BCUT2D eigenvalue weighted by atomic mass is 9.58. The Bertz CT molecular complexity index is 806. The molecule has 8 unspecified atom stereocenters. The number of carbonyl (C=O) groups excluding carboxylic acids is 2. The molecule has 2 N–H and O–H groups in total. The zero-order valence-electron chi connectivity index (χ0n) is 21.0. The Balaban J connectivity index is 1.28. The Morgan fingerprint density at radius 2 is 1.80 bits per heavy atom. The van der Waals surface area contributed by atoms with Crippen LogP contribution < -0.4 is 5.32 Å². The number of carboxylic acids is 1. The molecule has 2 bridgehead atoms. The molecule has 1 saturated carbocycles. The molecule has 1 amide bonds. The molecule has 10 nitrogen and oxygen atoms in total. The third-order valence-corrected chi connectivity index (χ3v) is 8.29. The van der Waals surface area contributed by atoms with Crippen molar-refractivity contribution in [3.8, 4) is 0 Å². The standard InChI is InChI=1S/C25H39NO9/c1-15-8-9-18-16(2)22(32-23-25(18)17(15)12-13-24(3,33-23)34-35-25)31-21(30)11-10-19(27)26-14-6-4-5-7-20(28)29/h15-18,22-23H,4-14H2,1-3H3,(H,26,27)(H,28,29). The van der Waals surface area contributed by atoms with Crippen molar-refractivity contribution in [2.75, 3.05) is 6.54 Å². The van der Waals surface area contributed by atoms with Gasteiger partial charge < -0.3 is 24.6 Å². The van der Waals surface area contributed by atoms with Crippen LogP contribution in [0, 0.1) is 23.7 Å². The smallest absolute Gasteiger partial charge is 0.308 e. The van der Waals surface area contributed by atoms with Gasteiger partial charge in [0.1, 0.15) is 0 Å². The summed E-state index contributed by atoms with van der Waals surface area (Å²) in [5, 5.41) is 11.4. The van der Waals surface area contributed by atoms with E-state index >= 15 is 0 Å². The number of ether oxygens (including phenoxy) is 3. The van der Waals surface area contributed by atoms with E-state index in [2.05, 4.69) is 12.2 Å². The summed E-state index contributed by atoms with van der Waals surface area (Å²) in [7, 11) is 0. The Morgan fingerprint density at radius 1 is 1.00 bits per heavy atom. The highest BCUT2D eigenvalue weighted by atomic mass is 17.3. The van der Waals surface area contributed by atoms with Crippen LogP contribution in [0.15, 0.2) is 0 Å². The van der Waals surface area contributed by atoms with Crippen molar-refractivity contribution in [3.63, 3.8) is 0 Å².